The fourth-order valence-corrected chi connectivity index (χ4v) is 6.58. The summed E-state index contributed by atoms with van der Waals surface area (Å²) in [7, 11) is -4.10. The molecule has 0 saturated heterocycles. The van der Waals surface area contributed by atoms with Crippen molar-refractivity contribution < 1.29 is 25.9 Å². The molecule has 0 unspecified atom stereocenters. The highest BCUT2D eigenvalue weighted by Crippen LogP contribution is 2.30. The zero-order valence-electron chi connectivity index (χ0n) is 20.7. The van der Waals surface area contributed by atoms with Gasteiger partial charge in [0.2, 0.25) is 0 Å². The van der Waals surface area contributed by atoms with Gasteiger partial charge in [0, 0.05) is 35.4 Å². The number of nitrogens with zero attached hydrogens (tertiary/aromatic N) is 4. The van der Waals surface area contributed by atoms with Crippen molar-refractivity contribution in [3.63, 3.8) is 0 Å². The Morgan fingerprint density at radius 3 is 1.44 bits per heavy atom. The van der Waals surface area contributed by atoms with E-state index in [1.54, 1.807) is 22.7 Å². The maximum atomic E-state index is 12.2. The van der Waals surface area contributed by atoms with Crippen molar-refractivity contribution in [1.82, 2.24) is 9.97 Å². The molecule has 6 aromatic rings. The molecule has 8 nitrogen and oxygen atoms in total. The summed E-state index contributed by atoms with van der Waals surface area (Å²) in [5.41, 5.74) is 3.98. The maximum absolute atomic E-state index is 12.2. The number of thiazole rings is 2. The Hall–Kier alpha value is -3.61. The maximum Gasteiger partial charge on any atom is 0.400 e. The predicted octanol–water partition coefficient (Wildman–Crippen LogP) is 4.79. The van der Waals surface area contributed by atoms with E-state index in [2.05, 4.69) is 22.1 Å². The molecule has 11 heteroatoms. The molecule has 39 heavy (non-hydrogen) atoms. The van der Waals surface area contributed by atoms with Gasteiger partial charge in [-0.3, -0.25) is 0 Å². The normalized spacial score (nSPS) is 11.9. The summed E-state index contributed by atoms with van der Waals surface area (Å²) < 4.78 is 40.4. The van der Waals surface area contributed by atoms with E-state index >= 15 is 0 Å². The van der Waals surface area contributed by atoms with E-state index in [1.807, 2.05) is 94.6 Å². The van der Waals surface area contributed by atoms with Crippen LogP contribution in [0.5, 0.6) is 0 Å². The van der Waals surface area contributed by atoms with Crippen molar-refractivity contribution >= 4 is 53.5 Å². The molecule has 0 bridgehead atoms. The van der Waals surface area contributed by atoms with Gasteiger partial charge in [0.15, 0.2) is 37.9 Å². The monoisotopic (exact) mass is 576 g/mol. The average Bonchev–Trinajstić information content (AvgIpc) is 3.58. The third kappa shape index (κ3) is 6.18. The standard InChI is InChI=1S/C28H24N4O4S3/c33-39(34,35-19-17-31-13-9-21(10-14-31)27-29-23-5-1-3-7-25(23)37-27)36-20-18-32-15-11-22(12-16-32)28-30-24-6-2-4-8-26(24)38-28/h1-16H,17-20H2/q+2. The highest BCUT2D eigenvalue weighted by molar-refractivity contribution is 7.81. The van der Waals surface area contributed by atoms with E-state index in [0.717, 1.165) is 41.6 Å². The van der Waals surface area contributed by atoms with Gasteiger partial charge in [-0.15, -0.1) is 22.7 Å². The number of aromatic nitrogens is 4. The first-order chi connectivity index (χ1) is 19.0. The van der Waals surface area contributed by atoms with Crippen molar-refractivity contribution in [2.75, 3.05) is 13.2 Å². The zero-order chi connectivity index (χ0) is 26.7. The number of benzene rings is 2. The van der Waals surface area contributed by atoms with Crippen LogP contribution in [-0.2, 0) is 31.9 Å². The lowest BCUT2D eigenvalue weighted by atomic mass is 10.3. The molecule has 0 fully saturated rings. The lowest BCUT2D eigenvalue weighted by Crippen LogP contribution is -2.37. The number of para-hydroxylation sites is 2. The van der Waals surface area contributed by atoms with Crippen LogP contribution < -0.4 is 9.13 Å². The lowest BCUT2D eigenvalue weighted by Gasteiger charge is -2.04. The summed E-state index contributed by atoms with van der Waals surface area (Å²) in [5.74, 6) is 0. The number of rotatable bonds is 10. The van der Waals surface area contributed by atoms with Gasteiger partial charge in [0.1, 0.15) is 23.2 Å². The van der Waals surface area contributed by atoms with Crippen LogP contribution in [0.3, 0.4) is 0 Å². The molecule has 0 spiro atoms. The van der Waals surface area contributed by atoms with Crippen molar-refractivity contribution in [3.05, 3.63) is 97.6 Å². The van der Waals surface area contributed by atoms with Crippen LogP contribution in [0.4, 0.5) is 0 Å². The minimum atomic E-state index is -4.10. The van der Waals surface area contributed by atoms with Crippen LogP contribution in [0.1, 0.15) is 0 Å². The molecule has 0 N–H and O–H groups in total. The fourth-order valence-electron chi connectivity index (χ4n) is 4.01. The summed E-state index contributed by atoms with van der Waals surface area (Å²) in [6, 6.07) is 23.9. The third-order valence-corrected chi connectivity index (χ3v) is 9.10. The molecule has 6 rings (SSSR count). The van der Waals surface area contributed by atoms with Crippen molar-refractivity contribution in [1.29, 1.82) is 0 Å². The topological polar surface area (TPSA) is 86.1 Å². The van der Waals surface area contributed by atoms with Crippen LogP contribution in [0.25, 0.3) is 41.6 Å². The predicted molar refractivity (Wildman–Crippen MR) is 151 cm³/mol. The first-order valence-electron chi connectivity index (χ1n) is 12.3. The largest absolute Gasteiger partial charge is 0.400 e. The van der Waals surface area contributed by atoms with Gasteiger partial charge < -0.3 is 0 Å². The molecule has 4 aromatic heterocycles. The van der Waals surface area contributed by atoms with Crippen LogP contribution in [0.15, 0.2) is 97.6 Å². The summed E-state index contributed by atoms with van der Waals surface area (Å²) in [6.07, 6.45) is 7.53. The zero-order valence-corrected chi connectivity index (χ0v) is 23.2. The molecule has 196 valence electrons. The molecule has 0 saturated carbocycles. The quantitative estimate of drug-likeness (QED) is 0.218. The van der Waals surface area contributed by atoms with E-state index in [9.17, 15) is 8.42 Å². The van der Waals surface area contributed by atoms with Crippen LogP contribution >= 0.6 is 22.7 Å². The van der Waals surface area contributed by atoms with Gasteiger partial charge in [-0.05, 0) is 24.3 Å². The molecule has 0 radical (unpaired) electrons. The Morgan fingerprint density at radius 2 is 1.03 bits per heavy atom. The molecule has 2 aromatic carbocycles. The Balaban J connectivity index is 0.965. The lowest BCUT2D eigenvalue weighted by molar-refractivity contribution is -0.698. The molecule has 0 atom stereocenters. The van der Waals surface area contributed by atoms with Crippen LogP contribution in [0, 0.1) is 0 Å². The molecule has 0 aliphatic rings. The van der Waals surface area contributed by atoms with Crippen molar-refractivity contribution in [2.45, 2.75) is 13.1 Å². The van der Waals surface area contributed by atoms with Gasteiger partial charge in [0.25, 0.3) is 0 Å². The fraction of sp³-hybridized carbons (Fsp3) is 0.143. The van der Waals surface area contributed by atoms with E-state index in [1.165, 1.54) is 0 Å². The highest BCUT2D eigenvalue weighted by Gasteiger charge is 2.16. The molecule has 0 amide bonds. The van der Waals surface area contributed by atoms with Crippen molar-refractivity contribution in [2.24, 2.45) is 0 Å². The molecule has 4 heterocycles. The average molecular weight is 577 g/mol. The number of fused-ring (bicyclic) bond motifs is 2. The van der Waals surface area contributed by atoms with Crippen LogP contribution in [0.2, 0.25) is 0 Å². The minimum Gasteiger partial charge on any atom is -0.241 e. The first kappa shape index (κ1) is 25.7. The molecule has 0 aliphatic carbocycles. The van der Waals surface area contributed by atoms with E-state index in [4.69, 9.17) is 8.37 Å². The highest BCUT2D eigenvalue weighted by atomic mass is 32.3. The summed E-state index contributed by atoms with van der Waals surface area (Å²) in [6.45, 7) is 0.671. The third-order valence-electron chi connectivity index (χ3n) is 6.02. The number of hydrogen-bond acceptors (Lipinski definition) is 8. The summed E-state index contributed by atoms with van der Waals surface area (Å²) >= 11 is 3.28. The summed E-state index contributed by atoms with van der Waals surface area (Å²) in [4.78, 5) is 9.34. The molecule has 0 aliphatic heterocycles. The van der Waals surface area contributed by atoms with Gasteiger partial charge in [-0.25, -0.2) is 27.5 Å². The van der Waals surface area contributed by atoms with Crippen molar-refractivity contribution in [3.8, 4) is 21.1 Å². The molecular weight excluding hydrogens is 553 g/mol. The minimum absolute atomic E-state index is 0.0303. The Morgan fingerprint density at radius 1 is 0.615 bits per heavy atom. The second kappa shape index (κ2) is 11.2. The van der Waals surface area contributed by atoms with Gasteiger partial charge in [0.05, 0.1) is 20.4 Å². The second-order valence-corrected chi connectivity index (χ2v) is 12.0. The Labute approximate surface area is 233 Å². The van der Waals surface area contributed by atoms with E-state index in [-0.39, 0.29) is 13.2 Å². The Bertz CT molecular complexity index is 1640. The number of pyridine rings is 2. The van der Waals surface area contributed by atoms with E-state index < -0.39 is 10.4 Å². The van der Waals surface area contributed by atoms with Gasteiger partial charge in [-0.2, -0.15) is 8.42 Å². The van der Waals surface area contributed by atoms with Gasteiger partial charge in [-0.1, -0.05) is 24.3 Å². The first-order valence-corrected chi connectivity index (χ1v) is 15.2. The molecular formula is C28H24N4O4S3+2. The smallest absolute Gasteiger partial charge is 0.241 e. The second-order valence-electron chi connectivity index (χ2n) is 8.67. The Kier molecular flexibility index (Phi) is 7.40. The number of hydrogen-bond donors (Lipinski definition) is 0. The SMILES string of the molecule is O=S(=O)(OCC[n+]1ccc(-c2nc3ccccc3s2)cc1)OCC[n+]1ccc(-c2nc3ccccc3s2)cc1. The van der Waals surface area contributed by atoms with Crippen LogP contribution in [-0.4, -0.2) is 31.6 Å². The summed E-state index contributed by atoms with van der Waals surface area (Å²) in [5, 5.41) is 1.89. The van der Waals surface area contributed by atoms with E-state index in [0.29, 0.717) is 13.1 Å². The van der Waals surface area contributed by atoms with Gasteiger partial charge >= 0.3 is 10.4 Å².